The number of hydrogen-bond donors (Lipinski definition) is 1. The van der Waals surface area contributed by atoms with Crippen LogP contribution in [0.15, 0.2) is 24.3 Å². The van der Waals surface area contributed by atoms with Gasteiger partial charge in [0, 0.05) is 12.6 Å². The monoisotopic (exact) mass is 286 g/mol. The number of carbonyl (C=O) groups is 2. The number of carbonyl (C=O) groups excluding carboxylic acids is 2. The van der Waals surface area contributed by atoms with E-state index in [4.69, 9.17) is 0 Å². The molecular weight excluding hydrogens is 264 g/mol. The number of imide groups is 1. The molecule has 1 heterocycles. The fraction of sp³-hybridized carbons (Fsp3) is 0.529. The molecule has 0 unspecified atom stereocenters. The number of hydrogen-bond acceptors (Lipinski definition) is 3. The van der Waals surface area contributed by atoms with Crippen LogP contribution in [0.1, 0.15) is 59.2 Å². The second-order valence-corrected chi connectivity index (χ2v) is 5.95. The summed E-state index contributed by atoms with van der Waals surface area (Å²) in [5.41, 5.74) is 1.10. The highest BCUT2D eigenvalue weighted by atomic mass is 16.2. The Labute approximate surface area is 125 Å². The molecule has 3 rings (SSSR count). The third-order valence-electron chi connectivity index (χ3n) is 4.47. The molecule has 0 aromatic heterocycles. The van der Waals surface area contributed by atoms with Crippen molar-refractivity contribution in [2.24, 2.45) is 0 Å². The van der Waals surface area contributed by atoms with Crippen molar-refractivity contribution in [3.05, 3.63) is 35.4 Å². The molecule has 21 heavy (non-hydrogen) atoms. The van der Waals surface area contributed by atoms with Crippen LogP contribution in [0.4, 0.5) is 0 Å². The van der Waals surface area contributed by atoms with Gasteiger partial charge in [0.05, 0.1) is 11.1 Å². The molecule has 0 bridgehead atoms. The average Bonchev–Trinajstić information content (AvgIpc) is 3.10. The number of fused-ring (bicyclic) bond motifs is 1. The molecule has 1 fully saturated rings. The maximum absolute atomic E-state index is 12.2. The lowest BCUT2D eigenvalue weighted by Crippen LogP contribution is -2.32. The Hall–Kier alpha value is -1.68. The first kappa shape index (κ1) is 14.3. The zero-order valence-corrected chi connectivity index (χ0v) is 12.3. The summed E-state index contributed by atoms with van der Waals surface area (Å²) in [4.78, 5) is 25.7. The topological polar surface area (TPSA) is 49.4 Å². The molecule has 1 N–H and O–H groups in total. The molecule has 0 spiro atoms. The third-order valence-corrected chi connectivity index (χ3v) is 4.47. The summed E-state index contributed by atoms with van der Waals surface area (Å²) in [5, 5.41) is 3.56. The molecule has 0 radical (unpaired) electrons. The van der Waals surface area contributed by atoms with Crippen molar-refractivity contribution in [2.45, 2.75) is 44.6 Å². The van der Waals surface area contributed by atoms with Gasteiger partial charge in [0.2, 0.25) is 0 Å². The normalized spacial score (nSPS) is 18.6. The molecule has 1 aromatic rings. The lowest BCUT2D eigenvalue weighted by Gasteiger charge is -2.15. The van der Waals surface area contributed by atoms with Gasteiger partial charge in [-0.1, -0.05) is 25.0 Å². The second kappa shape index (κ2) is 6.39. The zero-order valence-electron chi connectivity index (χ0n) is 12.3. The van der Waals surface area contributed by atoms with Crippen molar-refractivity contribution in [1.82, 2.24) is 10.2 Å². The van der Waals surface area contributed by atoms with Gasteiger partial charge in [-0.2, -0.15) is 0 Å². The van der Waals surface area contributed by atoms with Crippen LogP contribution in [-0.4, -0.2) is 35.8 Å². The Balaban J connectivity index is 1.44. The van der Waals surface area contributed by atoms with Crippen molar-refractivity contribution in [2.75, 3.05) is 13.1 Å². The van der Waals surface area contributed by atoms with E-state index in [9.17, 15) is 9.59 Å². The van der Waals surface area contributed by atoms with E-state index in [2.05, 4.69) is 5.32 Å². The first-order chi connectivity index (χ1) is 10.3. The van der Waals surface area contributed by atoms with E-state index >= 15 is 0 Å². The summed E-state index contributed by atoms with van der Waals surface area (Å²) < 4.78 is 0. The van der Waals surface area contributed by atoms with Crippen LogP contribution in [0.5, 0.6) is 0 Å². The predicted molar refractivity (Wildman–Crippen MR) is 81.3 cm³/mol. The van der Waals surface area contributed by atoms with Crippen molar-refractivity contribution in [3.63, 3.8) is 0 Å². The Bertz CT molecular complexity index is 500. The standard InChI is InChI=1S/C17H22N2O2/c20-16-14-9-3-4-10-15(14)17(21)19(16)12-6-5-11-18-13-7-1-2-8-13/h3-4,9-10,13,18H,1-2,5-8,11-12H2. The molecule has 1 saturated carbocycles. The Morgan fingerprint density at radius 1 is 1.00 bits per heavy atom. The third kappa shape index (κ3) is 3.00. The number of nitrogens with one attached hydrogen (secondary N) is 1. The highest BCUT2D eigenvalue weighted by Gasteiger charge is 2.34. The van der Waals surface area contributed by atoms with E-state index in [1.807, 2.05) is 0 Å². The van der Waals surface area contributed by atoms with Crippen LogP contribution in [0, 0.1) is 0 Å². The number of rotatable bonds is 6. The van der Waals surface area contributed by atoms with Gasteiger partial charge in [-0.15, -0.1) is 0 Å². The molecule has 1 aliphatic carbocycles. The summed E-state index contributed by atoms with van der Waals surface area (Å²) in [6.07, 6.45) is 7.13. The highest BCUT2D eigenvalue weighted by molar-refractivity contribution is 6.21. The lowest BCUT2D eigenvalue weighted by molar-refractivity contribution is 0.0651. The van der Waals surface area contributed by atoms with Gasteiger partial charge in [-0.3, -0.25) is 14.5 Å². The predicted octanol–water partition coefficient (Wildman–Crippen LogP) is 2.60. The molecule has 112 valence electrons. The SMILES string of the molecule is O=C1c2ccccc2C(=O)N1CCCCNC1CCCC1. The number of unbranched alkanes of at least 4 members (excludes halogenated alkanes) is 1. The molecule has 4 nitrogen and oxygen atoms in total. The van der Waals surface area contributed by atoms with Crippen molar-refractivity contribution in [1.29, 1.82) is 0 Å². The van der Waals surface area contributed by atoms with Gasteiger partial charge in [-0.05, 0) is 44.4 Å². The van der Waals surface area contributed by atoms with Crippen LogP contribution in [0.3, 0.4) is 0 Å². The van der Waals surface area contributed by atoms with E-state index in [-0.39, 0.29) is 11.8 Å². The molecule has 0 atom stereocenters. The van der Waals surface area contributed by atoms with Crippen LogP contribution in [0.25, 0.3) is 0 Å². The van der Waals surface area contributed by atoms with Gasteiger partial charge in [0.15, 0.2) is 0 Å². The lowest BCUT2D eigenvalue weighted by atomic mass is 10.1. The zero-order chi connectivity index (χ0) is 14.7. The summed E-state index contributed by atoms with van der Waals surface area (Å²) in [5.74, 6) is -0.279. The minimum absolute atomic E-state index is 0.139. The molecule has 4 heteroatoms. The Morgan fingerprint density at radius 3 is 2.24 bits per heavy atom. The summed E-state index contributed by atoms with van der Waals surface area (Å²) >= 11 is 0. The van der Waals surface area contributed by atoms with Crippen LogP contribution in [-0.2, 0) is 0 Å². The highest BCUT2D eigenvalue weighted by Crippen LogP contribution is 2.22. The van der Waals surface area contributed by atoms with Gasteiger partial charge < -0.3 is 5.32 Å². The Morgan fingerprint density at radius 2 is 1.62 bits per heavy atom. The smallest absolute Gasteiger partial charge is 0.261 e. The first-order valence-electron chi connectivity index (χ1n) is 7.96. The van der Waals surface area contributed by atoms with Gasteiger partial charge in [-0.25, -0.2) is 0 Å². The quantitative estimate of drug-likeness (QED) is 0.646. The first-order valence-corrected chi connectivity index (χ1v) is 7.96. The van der Waals surface area contributed by atoms with Crippen LogP contribution in [0.2, 0.25) is 0 Å². The number of amides is 2. The van der Waals surface area contributed by atoms with Crippen LogP contribution < -0.4 is 5.32 Å². The van der Waals surface area contributed by atoms with E-state index in [0.717, 1.165) is 19.4 Å². The maximum Gasteiger partial charge on any atom is 0.261 e. The molecular formula is C17H22N2O2. The molecule has 2 aliphatic rings. The number of benzene rings is 1. The van der Waals surface area contributed by atoms with Gasteiger partial charge >= 0.3 is 0 Å². The summed E-state index contributed by atoms with van der Waals surface area (Å²) in [6.45, 7) is 1.51. The van der Waals surface area contributed by atoms with E-state index in [1.165, 1.54) is 30.6 Å². The molecule has 1 aliphatic heterocycles. The fourth-order valence-corrected chi connectivity index (χ4v) is 3.27. The Kier molecular flexibility index (Phi) is 4.34. The van der Waals surface area contributed by atoms with Crippen molar-refractivity contribution >= 4 is 11.8 Å². The fourth-order valence-electron chi connectivity index (χ4n) is 3.27. The summed E-state index contributed by atoms with van der Waals surface area (Å²) in [7, 11) is 0. The van der Waals surface area contributed by atoms with E-state index in [0.29, 0.717) is 23.7 Å². The van der Waals surface area contributed by atoms with Gasteiger partial charge in [0.1, 0.15) is 0 Å². The molecule has 1 aromatic carbocycles. The van der Waals surface area contributed by atoms with E-state index in [1.54, 1.807) is 24.3 Å². The largest absolute Gasteiger partial charge is 0.314 e. The minimum atomic E-state index is -0.139. The number of nitrogens with zero attached hydrogens (tertiary/aromatic N) is 1. The average molecular weight is 286 g/mol. The van der Waals surface area contributed by atoms with Crippen molar-refractivity contribution in [3.8, 4) is 0 Å². The maximum atomic E-state index is 12.2. The minimum Gasteiger partial charge on any atom is -0.314 e. The van der Waals surface area contributed by atoms with Crippen LogP contribution >= 0.6 is 0 Å². The van der Waals surface area contributed by atoms with E-state index < -0.39 is 0 Å². The van der Waals surface area contributed by atoms with Crippen molar-refractivity contribution < 1.29 is 9.59 Å². The molecule has 2 amide bonds. The molecule has 0 saturated heterocycles. The van der Waals surface area contributed by atoms with Gasteiger partial charge in [0.25, 0.3) is 11.8 Å². The summed E-state index contributed by atoms with van der Waals surface area (Å²) in [6, 6.07) is 7.76. The second-order valence-electron chi connectivity index (χ2n) is 5.95.